The number of sulfonamides is 1. The van der Waals surface area contributed by atoms with Crippen molar-refractivity contribution in [1.29, 1.82) is 0 Å². The van der Waals surface area contributed by atoms with E-state index in [9.17, 15) is 12.8 Å². The van der Waals surface area contributed by atoms with Crippen LogP contribution in [-0.4, -0.2) is 57.6 Å². The Balaban J connectivity index is 1.57. The van der Waals surface area contributed by atoms with E-state index in [1.54, 1.807) is 17.8 Å². The Hall–Kier alpha value is -2.21. The van der Waals surface area contributed by atoms with E-state index >= 15 is 0 Å². The van der Waals surface area contributed by atoms with Gasteiger partial charge in [0.1, 0.15) is 11.3 Å². The van der Waals surface area contributed by atoms with Crippen LogP contribution in [0.25, 0.3) is 11.2 Å². The molecule has 0 unspecified atom stereocenters. The van der Waals surface area contributed by atoms with Gasteiger partial charge in [-0.15, -0.1) is 0 Å². The summed E-state index contributed by atoms with van der Waals surface area (Å²) in [6.45, 7) is 0.865. The maximum absolute atomic E-state index is 14.3. The van der Waals surface area contributed by atoms with Gasteiger partial charge in [0, 0.05) is 31.2 Å². The summed E-state index contributed by atoms with van der Waals surface area (Å²) in [7, 11) is -1.52. The molecule has 0 radical (unpaired) electrons. The lowest BCUT2D eigenvalue weighted by molar-refractivity contribution is 0.328. The van der Waals surface area contributed by atoms with E-state index in [0.717, 1.165) is 18.9 Å². The summed E-state index contributed by atoms with van der Waals surface area (Å²) >= 11 is 11.9. The fourth-order valence-electron chi connectivity index (χ4n) is 3.48. The molecule has 31 heavy (non-hydrogen) atoms. The molecular weight excluding hydrogens is 468 g/mol. The van der Waals surface area contributed by atoms with Gasteiger partial charge in [-0.2, -0.15) is 4.98 Å². The Kier molecular flexibility index (Phi) is 5.95. The predicted octanol–water partition coefficient (Wildman–Crippen LogP) is 3.39. The van der Waals surface area contributed by atoms with Crippen molar-refractivity contribution >= 4 is 62.0 Å². The van der Waals surface area contributed by atoms with Crippen molar-refractivity contribution in [2.24, 2.45) is 7.05 Å². The van der Waals surface area contributed by atoms with Crippen LogP contribution in [0, 0.1) is 5.82 Å². The summed E-state index contributed by atoms with van der Waals surface area (Å²) in [6, 6.07) is 2.49. The summed E-state index contributed by atoms with van der Waals surface area (Å²) in [5.74, 6) is 0.0781. The molecule has 3 aromatic rings. The standard InChI is InChI=1S/C18H20Cl2FN7O2S/c1-27-16-14(24-18(27)25-15-12(20)6-10(19)7-13(15)21)8-22-17(26-16)23-11-4-3-5-28(9-11)31(2,29)30/h6-8,11H,3-5,9H2,1-2H3,(H,24,25)(H,22,23,26)/t11-/m1/s1. The number of nitrogens with one attached hydrogen (secondary N) is 2. The Bertz CT molecular complexity index is 1230. The van der Waals surface area contributed by atoms with Crippen molar-refractivity contribution in [3.8, 4) is 0 Å². The van der Waals surface area contributed by atoms with Crippen LogP contribution in [0.15, 0.2) is 18.3 Å². The molecule has 4 rings (SSSR count). The van der Waals surface area contributed by atoms with Crippen molar-refractivity contribution in [3.63, 3.8) is 0 Å². The average Bonchev–Trinajstić information content (AvgIpc) is 2.99. The number of aryl methyl sites for hydroxylation is 1. The quantitative estimate of drug-likeness (QED) is 0.567. The normalized spacial score (nSPS) is 17.8. The minimum atomic E-state index is -3.25. The van der Waals surface area contributed by atoms with Gasteiger partial charge in [-0.1, -0.05) is 23.2 Å². The molecule has 1 saturated heterocycles. The molecule has 0 aliphatic carbocycles. The van der Waals surface area contributed by atoms with Crippen LogP contribution >= 0.6 is 23.2 Å². The highest BCUT2D eigenvalue weighted by Crippen LogP contribution is 2.32. The molecular formula is C18H20Cl2FN7O2S. The molecule has 0 bridgehead atoms. The average molecular weight is 488 g/mol. The van der Waals surface area contributed by atoms with Crippen molar-refractivity contribution < 1.29 is 12.8 Å². The number of nitrogens with zero attached hydrogens (tertiary/aromatic N) is 5. The third-order valence-corrected chi connectivity index (χ3v) is 6.83. The molecule has 1 aliphatic rings. The molecule has 0 spiro atoms. The van der Waals surface area contributed by atoms with Gasteiger partial charge in [0.05, 0.1) is 23.2 Å². The third-order valence-electron chi connectivity index (χ3n) is 5.04. The molecule has 2 N–H and O–H groups in total. The number of halogens is 3. The molecule has 1 aliphatic heterocycles. The Morgan fingerprint density at radius 2 is 2.03 bits per heavy atom. The van der Waals surface area contributed by atoms with E-state index in [-0.39, 0.29) is 21.8 Å². The number of benzene rings is 1. The number of hydrogen-bond acceptors (Lipinski definition) is 7. The lowest BCUT2D eigenvalue weighted by Crippen LogP contribution is -2.44. The molecule has 1 atom stereocenters. The summed E-state index contributed by atoms with van der Waals surface area (Å²) in [6.07, 6.45) is 4.31. The van der Waals surface area contributed by atoms with Crippen molar-refractivity contribution in [1.82, 2.24) is 23.8 Å². The van der Waals surface area contributed by atoms with Gasteiger partial charge in [-0.3, -0.25) is 4.57 Å². The van der Waals surface area contributed by atoms with Gasteiger partial charge in [-0.25, -0.2) is 27.1 Å². The van der Waals surface area contributed by atoms with Crippen LogP contribution in [0.4, 0.5) is 22.0 Å². The minimum Gasteiger partial charge on any atom is -0.350 e. The largest absolute Gasteiger partial charge is 0.350 e. The summed E-state index contributed by atoms with van der Waals surface area (Å²) in [5.41, 5.74) is 1.07. The second-order valence-electron chi connectivity index (χ2n) is 7.37. The molecule has 13 heteroatoms. The van der Waals surface area contributed by atoms with Crippen molar-refractivity contribution in [2.75, 3.05) is 30.0 Å². The highest BCUT2D eigenvalue weighted by molar-refractivity contribution is 7.88. The van der Waals surface area contributed by atoms with E-state index in [2.05, 4.69) is 25.6 Å². The Morgan fingerprint density at radius 1 is 1.26 bits per heavy atom. The predicted molar refractivity (Wildman–Crippen MR) is 119 cm³/mol. The zero-order valence-corrected chi connectivity index (χ0v) is 19.1. The Labute approximate surface area is 188 Å². The first-order valence-electron chi connectivity index (χ1n) is 9.44. The zero-order chi connectivity index (χ0) is 22.3. The van der Waals surface area contributed by atoms with Crippen molar-refractivity contribution in [2.45, 2.75) is 18.9 Å². The van der Waals surface area contributed by atoms with E-state index in [1.807, 2.05) is 0 Å². The number of aromatic nitrogens is 4. The van der Waals surface area contributed by atoms with Crippen LogP contribution in [0.5, 0.6) is 0 Å². The van der Waals surface area contributed by atoms with Crippen molar-refractivity contribution in [3.05, 3.63) is 34.2 Å². The number of rotatable bonds is 5. The fourth-order valence-corrected chi connectivity index (χ4v) is 4.91. The van der Waals surface area contributed by atoms with Crippen LogP contribution in [0.2, 0.25) is 10.0 Å². The van der Waals surface area contributed by atoms with Gasteiger partial charge in [0.25, 0.3) is 0 Å². The Morgan fingerprint density at radius 3 is 2.74 bits per heavy atom. The number of fused-ring (bicyclic) bond motifs is 1. The van der Waals surface area contributed by atoms with Gasteiger partial charge in [0.15, 0.2) is 5.65 Å². The number of imidazole rings is 1. The fraction of sp³-hybridized carbons (Fsp3) is 0.389. The summed E-state index contributed by atoms with van der Waals surface area (Å²) in [5, 5.41) is 6.39. The lowest BCUT2D eigenvalue weighted by Gasteiger charge is -2.31. The lowest BCUT2D eigenvalue weighted by atomic mass is 10.1. The zero-order valence-electron chi connectivity index (χ0n) is 16.7. The SMILES string of the molecule is Cn1c(Nc2c(F)cc(Cl)cc2Cl)nc2cnc(N[C@@H]3CCCN(S(C)(=O)=O)C3)nc21. The molecule has 0 saturated carbocycles. The molecule has 3 heterocycles. The second-order valence-corrected chi connectivity index (χ2v) is 10.2. The van der Waals surface area contributed by atoms with E-state index < -0.39 is 15.8 Å². The molecule has 0 amide bonds. The van der Waals surface area contributed by atoms with Gasteiger partial charge >= 0.3 is 0 Å². The minimum absolute atomic E-state index is 0.0545. The number of anilines is 3. The summed E-state index contributed by atoms with van der Waals surface area (Å²) in [4.78, 5) is 13.2. The highest BCUT2D eigenvalue weighted by atomic mass is 35.5. The van der Waals surface area contributed by atoms with Gasteiger partial charge in [-0.05, 0) is 25.0 Å². The molecule has 1 aromatic carbocycles. The van der Waals surface area contributed by atoms with E-state index in [4.69, 9.17) is 23.2 Å². The number of hydrogen-bond donors (Lipinski definition) is 2. The number of piperidine rings is 1. The first kappa shape index (κ1) is 22.0. The van der Waals surface area contributed by atoms with Crippen LogP contribution in [0.3, 0.4) is 0 Å². The molecule has 166 valence electrons. The molecule has 1 fully saturated rings. The monoisotopic (exact) mass is 487 g/mol. The maximum Gasteiger partial charge on any atom is 0.225 e. The van der Waals surface area contributed by atoms with Gasteiger partial charge < -0.3 is 10.6 Å². The first-order chi connectivity index (χ1) is 14.6. The topological polar surface area (TPSA) is 105 Å². The third kappa shape index (κ3) is 4.69. The molecule has 2 aromatic heterocycles. The maximum atomic E-state index is 14.3. The van der Waals surface area contributed by atoms with Gasteiger partial charge in [0.2, 0.25) is 21.9 Å². The van der Waals surface area contributed by atoms with Crippen LogP contribution in [-0.2, 0) is 17.1 Å². The van der Waals surface area contributed by atoms with Crippen LogP contribution < -0.4 is 10.6 Å². The molecule has 9 nitrogen and oxygen atoms in total. The van der Waals surface area contributed by atoms with E-state index in [0.29, 0.717) is 36.2 Å². The first-order valence-corrected chi connectivity index (χ1v) is 12.0. The summed E-state index contributed by atoms with van der Waals surface area (Å²) < 4.78 is 41.0. The second kappa shape index (κ2) is 8.38. The smallest absolute Gasteiger partial charge is 0.225 e. The highest BCUT2D eigenvalue weighted by Gasteiger charge is 2.26. The van der Waals surface area contributed by atoms with Crippen LogP contribution in [0.1, 0.15) is 12.8 Å². The van der Waals surface area contributed by atoms with E-state index in [1.165, 1.54) is 16.6 Å².